The van der Waals surface area contributed by atoms with Crippen molar-refractivity contribution in [3.8, 4) is 0 Å². The number of amides is 1. The van der Waals surface area contributed by atoms with Crippen molar-refractivity contribution in [2.24, 2.45) is 4.99 Å². The first-order valence-electron chi connectivity index (χ1n) is 9.06. The summed E-state index contributed by atoms with van der Waals surface area (Å²) in [6.45, 7) is 2.88. The highest BCUT2D eigenvalue weighted by Gasteiger charge is 2.25. The van der Waals surface area contributed by atoms with E-state index in [-0.39, 0.29) is 11.8 Å². The van der Waals surface area contributed by atoms with E-state index in [1.165, 1.54) is 30.5 Å². The Labute approximate surface area is 148 Å². The molecule has 1 fully saturated rings. The van der Waals surface area contributed by atoms with Crippen molar-refractivity contribution in [1.29, 1.82) is 0 Å². The number of fused-ring (bicyclic) bond motifs is 1. The highest BCUT2D eigenvalue weighted by molar-refractivity contribution is 6.01. The molecule has 2 aromatic carbocycles. The SMILES string of the molecule is O=C1NCc2ccccc2C1C=Nc1ccc(N2CCCCC2)cc1. The summed E-state index contributed by atoms with van der Waals surface area (Å²) in [7, 11) is 0. The second-order valence-electron chi connectivity index (χ2n) is 6.74. The van der Waals surface area contributed by atoms with E-state index in [2.05, 4.69) is 33.4 Å². The van der Waals surface area contributed by atoms with Crippen LogP contribution in [0.15, 0.2) is 53.5 Å². The Morgan fingerprint density at radius 3 is 2.56 bits per heavy atom. The molecule has 2 heterocycles. The number of piperidine rings is 1. The van der Waals surface area contributed by atoms with E-state index in [0.717, 1.165) is 24.3 Å². The van der Waals surface area contributed by atoms with E-state index in [4.69, 9.17) is 0 Å². The van der Waals surface area contributed by atoms with Crippen molar-refractivity contribution >= 4 is 23.5 Å². The van der Waals surface area contributed by atoms with Gasteiger partial charge in [0.15, 0.2) is 0 Å². The first-order valence-corrected chi connectivity index (χ1v) is 9.06. The third kappa shape index (κ3) is 3.43. The van der Waals surface area contributed by atoms with Crippen LogP contribution >= 0.6 is 0 Å². The standard InChI is InChI=1S/C21H23N3O/c25-21-20(19-7-3-2-6-16(19)14-23-21)15-22-17-8-10-18(11-9-17)24-12-4-1-5-13-24/h2-3,6-11,15,20H,1,4-5,12-14H2,(H,23,25). The predicted octanol–water partition coefficient (Wildman–Crippen LogP) is 3.79. The predicted molar refractivity (Wildman–Crippen MR) is 102 cm³/mol. The average Bonchev–Trinajstić information content (AvgIpc) is 2.68. The van der Waals surface area contributed by atoms with Gasteiger partial charge in [0.05, 0.1) is 11.6 Å². The highest BCUT2D eigenvalue weighted by atomic mass is 16.1. The largest absolute Gasteiger partial charge is 0.372 e. The lowest BCUT2D eigenvalue weighted by molar-refractivity contribution is -0.121. The number of aliphatic imine (C=N–C) groups is 1. The number of nitrogens with zero attached hydrogens (tertiary/aromatic N) is 2. The third-order valence-electron chi connectivity index (χ3n) is 5.07. The molecule has 1 unspecified atom stereocenters. The van der Waals surface area contributed by atoms with Crippen LogP contribution < -0.4 is 10.2 Å². The van der Waals surface area contributed by atoms with Gasteiger partial charge in [0.2, 0.25) is 5.91 Å². The zero-order chi connectivity index (χ0) is 17.1. The molecule has 25 heavy (non-hydrogen) atoms. The maximum absolute atomic E-state index is 12.2. The Kier molecular flexibility index (Phi) is 4.51. The van der Waals surface area contributed by atoms with Crippen LogP contribution in [0.1, 0.15) is 36.3 Å². The number of anilines is 1. The smallest absolute Gasteiger partial charge is 0.233 e. The fraction of sp³-hybridized carbons (Fsp3) is 0.333. The van der Waals surface area contributed by atoms with Crippen LogP contribution in [-0.4, -0.2) is 25.2 Å². The Morgan fingerprint density at radius 2 is 1.76 bits per heavy atom. The average molecular weight is 333 g/mol. The summed E-state index contributed by atoms with van der Waals surface area (Å²) in [5.41, 5.74) is 4.37. The Morgan fingerprint density at radius 1 is 1.00 bits per heavy atom. The molecule has 128 valence electrons. The van der Waals surface area contributed by atoms with E-state index in [1.54, 1.807) is 6.21 Å². The first kappa shape index (κ1) is 15.9. The summed E-state index contributed by atoms with van der Waals surface area (Å²) in [6.07, 6.45) is 5.65. The van der Waals surface area contributed by atoms with E-state index in [0.29, 0.717) is 6.54 Å². The van der Waals surface area contributed by atoms with Crippen molar-refractivity contribution in [3.05, 3.63) is 59.7 Å². The van der Waals surface area contributed by atoms with Gasteiger partial charge in [0.25, 0.3) is 0 Å². The van der Waals surface area contributed by atoms with Gasteiger partial charge in [0, 0.05) is 31.5 Å². The lowest BCUT2D eigenvalue weighted by Crippen LogP contribution is -2.35. The molecular formula is C21H23N3O. The van der Waals surface area contributed by atoms with Crippen LogP contribution in [0.5, 0.6) is 0 Å². The van der Waals surface area contributed by atoms with Gasteiger partial charge in [-0.2, -0.15) is 0 Å². The van der Waals surface area contributed by atoms with Gasteiger partial charge in [-0.15, -0.1) is 0 Å². The van der Waals surface area contributed by atoms with E-state index < -0.39 is 0 Å². The summed E-state index contributed by atoms with van der Waals surface area (Å²) < 4.78 is 0. The molecule has 0 saturated carbocycles. The molecule has 4 rings (SSSR count). The second kappa shape index (κ2) is 7.09. The number of rotatable bonds is 3. The van der Waals surface area contributed by atoms with Crippen molar-refractivity contribution < 1.29 is 4.79 Å². The molecule has 2 aliphatic rings. The zero-order valence-electron chi connectivity index (χ0n) is 14.3. The molecule has 1 saturated heterocycles. The fourth-order valence-corrected chi connectivity index (χ4v) is 3.64. The van der Waals surface area contributed by atoms with Gasteiger partial charge in [-0.3, -0.25) is 9.79 Å². The minimum atomic E-state index is -0.313. The first-order chi connectivity index (χ1) is 12.3. The fourth-order valence-electron chi connectivity index (χ4n) is 3.64. The van der Waals surface area contributed by atoms with Crippen LogP contribution in [0.2, 0.25) is 0 Å². The number of carbonyl (C=O) groups is 1. The normalized spacial score (nSPS) is 20.4. The Hall–Kier alpha value is -2.62. The van der Waals surface area contributed by atoms with Crippen LogP contribution in [0, 0.1) is 0 Å². The maximum Gasteiger partial charge on any atom is 0.233 e. The number of hydrogen-bond donors (Lipinski definition) is 1. The minimum absolute atomic E-state index is 0.0207. The lowest BCUT2D eigenvalue weighted by Gasteiger charge is -2.28. The van der Waals surface area contributed by atoms with E-state index in [1.807, 2.05) is 30.3 Å². The highest BCUT2D eigenvalue weighted by Crippen LogP contribution is 2.26. The summed E-state index contributed by atoms with van der Waals surface area (Å²) in [6, 6.07) is 16.4. The molecule has 4 heteroatoms. The molecule has 2 aromatic rings. The molecule has 2 aliphatic heterocycles. The molecule has 4 nitrogen and oxygen atoms in total. The van der Waals surface area contributed by atoms with Crippen molar-refractivity contribution in [2.75, 3.05) is 18.0 Å². The molecule has 1 N–H and O–H groups in total. The minimum Gasteiger partial charge on any atom is -0.372 e. The van der Waals surface area contributed by atoms with Crippen LogP contribution in [0.25, 0.3) is 0 Å². The van der Waals surface area contributed by atoms with E-state index in [9.17, 15) is 4.79 Å². The zero-order valence-corrected chi connectivity index (χ0v) is 14.3. The monoisotopic (exact) mass is 333 g/mol. The molecule has 1 amide bonds. The summed E-state index contributed by atoms with van der Waals surface area (Å²) in [5, 5.41) is 2.94. The molecule has 0 radical (unpaired) electrons. The van der Waals surface area contributed by atoms with Crippen molar-refractivity contribution in [2.45, 2.75) is 31.7 Å². The molecule has 0 spiro atoms. The summed E-state index contributed by atoms with van der Waals surface area (Å²) in [5.74, 6) is -0.292. The Bertz CT molecular complexity index is 776. The number of benzene rings is 2. The molecule has 0 aliphatic carbocycles. The number of hydrogen-bond acceptors (Lipinski definition) is 3. The topological polar surface area (TPSA) is 44.7 Å². The second-order valence-corrected chi connectivity index (χ2v) is 6.74. The van der Waals surface area contributed by atoms with Crippen LogP contribution in [0.4, 0.5) is 11.4 Å². The maximum atomic E-state index is 12.2. The van der Waals surface area contributed by atoms with Gasteiger partial charge in [-0.25, -0.2) is 0 Å². The van der Waals surface area contributed by atoms with E-state index >= 15 is 0 Å². The number of nitrogens with one attached hydrogen (secondary N) is 1. The lowest BCUT2D eigenvalue weighted by atomic mass is 9.91. The van der Waals surface area contributed by atoms with Crippen molar-refractivity contribution in [3.63, 3.8) is 0 Å². The van der Waals surface area contributed by atoms with Gasteiger partial charge in [-0.1, -0.05) is 24.3 Å². The molecule has 1 atom stereocenters. The van der Waals surface area contributed by atoms with Crippen LogP contribution in [0.3, 0.4) is 0 Å². The quantitative estimate of drug-likeness (QED) is 0.869. The number of carbonyl (C=O) groups excluding carboxylic acids is 1. The van der Waals surface area contributed by atoms with Crippen LogP contribution in [-0.2, 0) is 11.3 Å². The summed E-state index contributed by atoms with van der Waals surface area (Å²) in [4.78, 5) is 19.2. The van der Waals surface area contributed by atoms with Gasteiger partial charge >= 0.3 is 0 Å². The van der Waals surface area contributed by atoms with Gasteiger partial charge in [-0.05, 0) is 54.7 Å². The van der Waals surface area contributed by atoms with Gasteiger partial charge in [0.1, 0.15) is 0 Å². The molecule has 0 bridgehead atoms. The molecule has 0 aromatic heterocycles. The van der Waals surface area contributed by atoms with Gasteiger partial charge < -0.3 is 10.2 Å². The Balaban J connectivity index is 1.51. The third-order valence-corrected chi connectivity index (χ3v) is 5.07. The molecular weight excluding hydrogens is 310 g/mol. The summed E-state index contributed by atoms with van der Waals surface area (Å²) >= 11 is 0. The van der Waals surface area contributed by atoms with Crippen molar-refractivity contribution in [1.82, 2.24) is 5.32 Å².